The lowest BCUT2D eigenvalue weighted by atomic mass is 10.2. The lowest BCUT2D eigenvalue weighted by Gasteiger charge is -2.09. The van der Waals surface area contributed by atoms with Gasteiger partial charge in [-0.2, -0.15) is 5.10 Å². The molecule has 0 aliphatic heterocycles. The molecule has 26 heavy (non-hydrogen) atoms. The third-order valence-corrected chi connectivity index (χ3v) is 5.59. The van der Waals surface area contributed by atoms with E-state index in [-0.39, 0.29) is 11.6 Å². The Bertz CT molecular complexity index is 1140. The number of fused-ring (bicyclic) bond motifs is 1. The van der Waals surface area contributed by atoms with E-state index < -0.39 is 10.0 Å². The molecular formula is C18H18N4O3S. The first-order valence-corrected chi connectivity index (χ1v) is 9.67. The maximum absolute atomic E-state index is 12.5. The van der Waals surface area contributed by atoms with Gasteiger partial charge in [0.05, 0.1) is 0 Å². The summed E-state index contributed by atoms with van der Waals surface area (Å²) in [5.41, 5.74) is 2.80. The average molecular weight is 370 g/mol. The SMILES string of the molecule is Cc1cc2ccccc2n1CCNS(=O)(=O)c1ccc(-c2ccn[nH]2)o1. The summed E-state index contributed by atoms with van der Waals surface area (Å²) in [6, 6.07) is 14.9. The fourth-order valence-corrected chi connectivity index (χ4v) is 3.96. The minimum absolute atomic E-state index is 0.115. The summed E-state index contributed by atoms with van der Waals surface area (Å²) in [6.07, 6.45) is 1.58. The highest BCUT2D eigenvalue weighted by molar-refractivity contribution is 7.89. The van der Waals surface area contributed by atoms with Gasteiger partial charge in [0.25, 0.3) is 10.0 Å². The number of hydrogen-bond donors (Lipinski definition) is 2. The standard InChI is InChI=1S/C18H18N4O3S/c1-13-12-14-4-2-3-5-16(14)22(13)11-10-20-26(23,24)18-7-6-17(25-18)15-8-9-19-21-15/h2-9,12,20H,10-11H2,1H3,(H,19,21). The predicted octanol–water partition coefficient (Wildman–Crippen LogP) is 2.91. The van der Waals surface area contributed by atoms with Crippen molar-refractivity contribution < 1.29 is 12.8 Å². The van der Waals surface area contributed by atoms with Crippen LogP contribution in [0.2, 0.25) is 0 Å². The molecule has 2 N–H and O–H groups in total. The molecule has 1 aromatic carbocycles. The van der Waals surface area contributed by atoms with Crippen LogP contribution < -0.4 is 4.72 Å². The fourth-order valence-electron chi connectivity index (χ4n) is 3.01. The number of aromatic amines is 1. The highest BCUT2D eigenvalue weighted by Crippen LogP contribution is 2.22. The topological polar surface area (TPSA) is 92.9 Å². The van der Waals surface area contributed by atoms with Gasteiger partial charge in [-0.05, 0) is 42.6 Å². The van der Waals surface area contributed by atoms with Gasteiger partial charge in [0, 0.05) is 30.5 Å². The molecule has 0 atom stereocenters. The van der Waals surface area contributed by atoms with Crippen molar-refractivity contribution in [2.75, 3.05) is 6.54 Å². The van der Waals surface area contributed by atoms with Crippen LogP contribution in [0, 0.1) is 6.92 Å². The van der Waals surface area contributed by atoms with E-state index in [1.54, 1.807) is 18.3 Å². The summed E-state index contributed by atoms with van der Waals surface area (Å²) in [5, 5.41) is 7.60. The highest BCUT2D eigenvalue weighted by atomic mass is 32.2. The molecule has 0 aliphatic rings. The van der Waals surface area contributed by atoms with Crippen molar-refractivity contribution in [1.29, 1.82) is 0 Å². The third kappa shape index (κ3) is 3.04. The molecule has 0 saturated carbocycles. The van der Waals surface area contributed by atoms with Crippen LogP contribution in [-0.2, 0) is 16.6 Å². The predicted molar refractivity (Wildman–Crippen MR) is 98.2 cm³/mol. The summed E-state index contributed by atoms with van der Waals surface area (Å²) in [6.45, 7) is 2.81. The first-order valence-electron chi connectivity index (χ1n) is 8.19. The number of H-pyrrole nitrogens is 1. The zero-order chi connectivity index (χ0) is 18.1. The van der Waals surface area contributed by atoms with Gasteiger partial charge in [-0.3, -0.25) is 5.10 Å². The van der Waals surface area contributed by atoms with Crippen LogP contribution in [0.5, 0.6) is 0 Å². The van der Waals surface area contributed by atoms with Crippen molar-refractivity contribution in [1.82, 2.24) is 19.5 Å². The van der Waals surface area contributed by atoms with Gasteiger partial charge in [0.2, 0.25) is 5.09 Å². The van der Waals surface area contributed by atoms with Gasteiger partial charge in [-0.1, -0.05) is 18.2 Å². The maximum Gasteiger partial charge on any atom is 0.274 e. The number of furan rings is 1. The molecule has 0 aliphatic carbocycles. The largest absolute Gasteiger partial charge is 0.442 e. The molecule has 3 aromatic heterocycles. The number of hydrogen-bond acceptors (Lipinski definition) is 4. The van der Waals surface area contributed by atoms with Gasteiger partial charge in [0.1, 0.15) is 5.69 Å². The quantitative estimate of drug-likeness (QED) is 0.546. The summed E-state index contributed by atoms with van der Waals surface area (Å²) < 4.78 is 35.0. The Labute approximate surface area is 150 Å². The second-order valence-corrected chi connectivity index (χ2v) is 7.68. The van der Waals surface area contributed by atoms with Crippen LogP contribution in [0.1, 0.15) is 5.69 Å². The zero-order valence-corrected chi connectivity index (χ0v) is 15.0. The van der Waals surface area contributed by atoms with Crippen LogP contribution in [0.25, 0.3) is 22.4 Å². The smallest absolute Gasteiger partial charge is 0.274 e. The van der Waals surface area contributed by atoms with Crippen molar-refractivity contribution in [3.63, 3.8) is 0 Å². The minimum Gasteiger partial charge on any atom is -0.442 e. The van der Waals surface area contributed by atoms with Crippen molar-refractivity contribution in [2.45, 2.75) is 18.6 Å². The molecule has 4 aromatic rings. The minimum atomic E-state index is -3.71. The van der Waals surface area contributed by atoms with E-state index in [0.29, 0.717) is 18.0 Å². The lowest BCUT2D eigenvalue weighted by molar-refractivity contribution is 0.454. The van der Waals surface area contributed by atoms with Crippen LogP contribution in [-0.4, -0.2) is 29.7 Å². The Morgan fingerprint density at radius 3 is 2.85 bits per heavy atom. The van der Waals surface area contributed by atoms with Crippen molar-refractivity contribution in [3.8, 4) is 11.5 Å². The Morgan fingerprint density at radius 1 is 1.19 bits per heavy atom. The number of nitrogens with zero attached hydrogens (tertiary/aromatic N) is 2. The van der Waals surface area contributed by atoms with E-state index in [4.69, 9.17) is 4.42 Å². The lowest BCUT2D eigenvalue weighted by Crippen LogP contribution is -2.27. The molecule has 0 bridgehead atoms. The maximum atomic E-state index is 12.5. The second kappa shape index (κ2) is 6.47. The van der Waals surface area contributed by atoms with Gasteiger partial charge in [0.15, 0.2) is 5.76 Å². The summed E-state index contributed by atoms with van der Waals surface area (Å²) in [5.74, 6) is 0.426. The number of nitrogens with one attached hydrogen (secondary N) is 2. The third-order valence-electron chi connectivity index (χ3n) is 4.26. The summed E-state index contributed by atoms with van der Waals surface area (Å²) in [4.78, 5) is 0. The highest BCUT2D eigenvalue weighted by Gasteiger charge is 2.19. The second-order valence-electron chi connectivity index (χ2n) is 5.98. The van der Waals surface area contributed by atoms with E-state index in [1.807, 2.05) is 31.2 Å². The van der Waals surface area contributed by atoms with Crippen LogP contribution in [0.3, 0.4) is 0 Å². The van der Waals surface area contributed by atoms with Gasteiger partial charge < -0.3 is 8.98 Å². The van der Waals surface area contributed by atoms with E-state index >= 15 is 0 Å². The van der Waals surface area contributed by atoms with E-state index in [1.165, 1.54) is 6.07 Å². The van der Waals surface area contributed by atoms with Gasteiger partial charge >= 0.3 is 0 Å². The molecule has 7 nitrogen and oxygen atoms in total. The van der Waals surface area contributed by atoms with Crippen LogP contribution in [0.15, 0.2) is 64.2 Å². The molecule has 8 heteroatoms. The molecule has 0 unspecified atom stereocenters. The van der Waals surface area contributed by atoms with Crippen molar-refractivity contribution in [2.24, 2.45) is 0 Å². The zero-order valence-electron chi connectivity index (χ0n) is 14.1. The molecule has 0 amide bonds. The van der Waals surface area contributed by atoms with E-state index in [9.17, 15) is 8.42 Å². The number of sulfonamides is 1. The Balaban J connectivity index is 1.48. The van der Waals surface area contributed by atoms with E-state index in [0.717, 1.165) is 16.6 Å². The molecule has 0 spiro atoms. The van der Waals surface area contributed by atoms with E-state index in [2.05, 4.69) is 25.6 Å². The Morgan fingerprint density at radius 2 is 2.04 bits per heavy atom. The fraction of sp³-hybridized carbons (Fsp3) is 0.167. The molecule has 4 rings (SSSR count). The van der Waals surface area contributed by atoms with Crippen molar-refractivity contribution >= 4 is 20.9 Å². The van der Waals surface area contributed by atoms with Crippen LogP contribution >= 0.6 is 0 Å². The molecule has 0 fully saturated rings. The first-order chi connectivity index (χ1) is 12.5. The Hall–Kier alpha value is -2.84. The molecule has 0 saturated heterocycles. The molecule has 0 radical (unpaired) electrons. The summed E-state index contributed by atoms with van der Waals surface area (Å²) >= 11 is 0. The normalized spacial score (nSPS) is 12.0. The molecule has 3 heterocycles. The van der Waals surface area contributed by atoms with Gasteiger partial charge in [-0.15, -0.1) is 0 Å². The number of aromatic nitrogens is 3. The number of rotatable bonds is 6. The Kier molecular flexibility index (Phi) is 4.14. The van der Waals surface area contributed by atoms with Crippen molar-refractivity contribution in [3.05, 3.63) is 60.4 Å². The monoisotopic (exact) mass is 370 g/mol. The van der Waals surface area contributed by atoms with Crippen LogP contribution in [0.4, 0.5) is 0 Å². The number of para-hydroxylation sites is 1. The number of aryl methyl sites for hydroxylation is 1. The molecule has 134 valence electrons. The van der Waals surface area contributed by atoms with Gasteiger partial charge in [-0.25, -0.2) is 13.1 Å². The summed E-state index contributed by atoms with van der Waals surface area (Å²) in [7, 11) is -3.71. The molecular weight excluding hydrogens is 352 g/mol. The first kappa shape index (κ1) is 16.6. The average Bonchev–Trinajstić information content (AvgIpc) is 3.34. The number of benzene rings is 1.